The maximum absolute atomic E-state index is 13.2. The Morgan fingerprint density at radius 1 is 1.21 bits per heavy atom. The second-order valence-corrected chi connectivity index (χ2v) is 8.36. The van der Waals surface area contributed by atoms with Gasteiger partial charge in [-0.05, 0) is 50.4 Å². The van der Waals surface area contributed by atoms with E-state index >= 15 is 0 Å². The topological polar surface area (TPSA) is 57.2 Å². The number of hydrazone groups is 1. The summed E-state index contributed by atoms with van der Waals surface area (Å²) in [5, 5.41) is 4.70. The lowest BCUT2D eigenvalue weighted by Gasteiger charge is -2.43. The summed E-state index contributed by atoms with van der Waals surface area (Å²) in [4.78, 5) is 17.5. The van der Waals surface area contributed by atoms with Crippen LogP contribution in [0.5, 0.6) is 0 Å². The number of amidine groups is 1. The van der Waals surface area contributed by atoms with E-state index in [0.29, 0.717) is 12.5 Å². The average Bonchev–Trinajstić information content (AvgIpc) is 3.44. The monoisotopic (exact) mass is 328 g/mol. The molecule has 6 aliphatic rings. The first kappa shape index (κ1) is 13.7. The second kappa shape index (κ2) is 4.54. The van der Waals surface area contributed by atoms with Gasteiger partial charge in [-0.15, -0.1) is 0 Å². The summed E-state index contributed by atoms with van der Waals surface area (Å²) >= 11 is 0. The predicted octanol–water partition coefficient (Wildman–Crippen LogP) is 1.61. The molecule has 6 nitrogen and oxygen atoms in total. The summed E-state index contributed by atoms with van der Waals surface area (Å²) in [7, 11) is 0. The third-order valence-corrected chi connectivity index (χ3v) is 6.68. The molecule has 3 saturated carbocycles. The first-order valence-electron chi connectivity index (χ1n) is 9.52. The molecule has 6 heteroatoms. The van der Waals surface area contributed by atoms with Crippen LogP contribution < -0.4 is 5.43 Å². The molecular formula is C18H24N4O2. The first-order chi connectivity index (χ1) is 11.8. The molecule has 1 amide bonds. The second-order valence-electron chi connectivity index (χ2n) is 8.36. The van der Waals surface area contributed by atoms with Crippen molar-refractivity contribution in [1.82, 2.24) is 15.2 Å². The highest BCUT2D eigenvalue weighted by Crippen LogP contribution is 2.63. The van der Waals surface area contributed by atoms with E-state index in [4.69, 9.17) is 9.84 Å². The number of carbonyl (C=O) groups is 1. The van der Waals surface area contributed by atoms with Gasteiger partial charge in [-0.2, -0.15) is 5.10 Å². The van der Waals surface area contributed by atoms with Crippen LogP contribution in [0, 0.1) is 17.3 Å². The summed E-state index contributed by atoms with van der Waals surface area (Å²) in [6.07, 6.45) is 8.13. The Morgan fingerprint density at radius 2 is 2.04 bits per heavy atom. The lowest BCUT2D eigenvalue weighted by Crippen LogP contribution is -2.59. The Bertz CT molecular complexity index is 673. The summed E-state index contributed by atoms with van der Waals surface area (Å²) in [6.45, 7) is 2.22. The number of hydrogen-bond donors (Lipinski definition) is 1. The van der Waals surface area contributed by atoms with E-state index in [9.17, 15) is 4.79 Å². The summed E-state index contributed by atoms with van der Waals surface area (Å²) < 4.78 is 5.79. The third-order valence-electron chi connectivity index (χ3n) is 6.68. The van der Waals surface area contributed by atoms with Gasteiger partial charge in [-0.1, -0.05) is 0 Å². The fourth-order valence-electron chi connectivity index (χ4n) is 4.85. The van der Waals surface area contributed by atoms with Gasteiger partial charge in [-0.25, -0.2) is 0 Å². The maximum atomic E-state index is 13.2. The molecule has 0 aromatic heterocycles. The highest BCUT2D eigenvalue weighted by molar-refractivity contribution is 6.00. The van der Waals surface area contributed by atoms with Crippen molar-refractivity contribution in [3.05, 3.63) is 11.4 Å². The highest BCUT2D eigenvalue weighted by Gasteiger charge is 2.62. The van der Waals surface area contributed by atoms with Crippen molar-refractivity contribution in [1.29, 1.82) is 0 Å². The third kappa shape index (κ3) is 1.80. The Kier molecular flexibility index (Phi) is 2.59. The summed E-state index contributed by atoms with van der Waals surface area (Å²) in [5.74, 6) is 2.80. The summed E-state index contributed by atoms with van der Waals surface area (Å²) in [5.41, 5.74) is 5.83. The van der Waals surface area contributed by atoms with E-state index in [0.717, 1.165) is 31.3 Å². The van der Waals surface area contributed by atoms with Gasteiger partial charge in [0.25, 0.3) is 5.91 Å². The average molecular weight is 328 g/mol. The van der Waals surface area contributed by atoms with Crippen molar-refractivity contribution >= 4 is 11.7 Å². The molecule has 3 aliphatic heterocycles. The maximum Gasteiger partial charge on any atom is 0.272 e. The number of nitrogens with zero attached hydrogens (tertiary/aromatic N) is 3. The van der Waals surface area contributed by atoms with Crippen molar-refractivity contribution in [2.24, 2.45) is 22.4 Å². The van der Waals surface area contributed by atoms with Crippen LogP contribution in [0.1, 0.15) is 44.9 Å². The molecule has 0 aromatic carbocycles. The number of fused-ring (bicyclic) bond motifs is 2. The Labute approximate surface area is 141 Å². The van der Waals surface area contributed by atoms with Crippen molar-refractivity contribution < 1.29 is 9.53 Å². The molecule has 0 radical (unpaired) electrons. The van der Waals surface area contributed by atoms with Crippen molar-refractivity contribution in [2.45, 2.75) is 51.1 Å². The fraction of sp³-hybridized carbons (Fsp3) is 0.778. The minimum Gasteiger partial charge on any atom is -0.375 e. The van der Waals surface area contributed by atoms with E-state index < -0.39 is 0 Å². The van der Waals surface area contributed by atoms with Gasteiger partial charge < -0.3 is 9.64 Å². The molecule has 1 atom stereocenters. The van der Waals surface area contributed by atoms with Crippen LogP contribution in [0.25, 0.3) is 0 Å². The van der Waals surface area contributed by atoms with Gasteiger partial charge >= 0.3 is 0 Å². The largest absolute Gasteiger partial charge is 0.375 e. The molecule has 0 spiro atoms. The Morgan fingerprint density at radius 3 is 2.75 bits per heavy atom. The van der Waals surface area contributed by atoms with Gasteiger partial charge in [0.1, 0.15) is 5.84 Å². The molecule has 128 valence electrons. The molecule has 3 heterocycles. The van der Waals surface area contributed by atoms with E-state index in [1.807, 2.05) is 0 Å². The van der Waals surface area contributed by atoms with Crippen LogP contribution in [-0.2, 0) is 9.53 Å². The van der Waals surface area contributed by atoms with E-state index in [2.05, 4.69) is 15.2 Å². The molecule has 0 saturated heterocycles. The minimum atomic E-state index is -0.338. The standard InChI is InChI=1S/C18H24N4O2/c23-16-15-19-20-17(18(6-7-18)12-3-4-12)22(15)14-10-24-8-5-13(14)21(16)9-11-1-2-11/h11-12,15,19H,1-10H2. The van der Waals surface area contributed by atoms with Crippen LogP contribution in [0.3, 0.4) is 0 Å². The van der Waals surface area contributed by atoms with Crippen LogP contribution in [-0.4, -0.2) is 47.5 Å². The number of carbonyl (C=O) groups excluding carboxylic acids is 1. The first-order valence-corrected chi connectivity index (χ1v) is 9.52. The molecule has 24 heavy (non-hydrogen) atoms. The SMILES string of the molecule is O=C1C2NN=C(C3(C4CC4)CC3)N2C2=C(CCOC2)N1CC1CC1. The quantitative estimate of drug-likeness (QED) is 0.852. The van der Waals surface area contributed by atoms with E-state index in [1.165, 1.54) is 49.9 Å². The number of hydrogen-bond acceptors (Lipinski definition) is 5. The van der Waals surface area contributed by atoms with E-state index in [1.54, 1.807) is 0 Å². The van der Waals surface area contributed by atoms with Gasteiger partial charge in [0, 0.05) is 24.1 Å². The minimum absolute atomic E-state index is 0.188. The molecule has 3 fully saturated rings. The molecular weight excluding hydrogens is 304 g/mol. The van der Waals surface area contributed by atoms with Crippen LogP contribution in [0.2, 0.25) is 0 Å². The predicted molar refractivity (Wildman–Crippen MR) is 87.5 cm³/mol. The number of nitrogens with one attached hydrogen (secondary N) is 1. The molecule has 0 aromatic rings. The van der Waals surface area contributed by atoms with Gasteiger partial charge in [0.05, 0.1) is 18.9 Å². The zero-order valence-electron chi connectivity index (χ0n) is 14.0. The number of ether oxygens (including phenoxy) is 1. The molecule has 6 rings (SSSR count). The Hall–Kier alpha value is -1.56. The molecule has 1 unspecified atom stereocenters. The van der Waals surface area contributed by atoms with E-state index in [-0.39, 0.29) is 17.5 Å². The number of rotatable bonds is 4. The molecule has 1 N–H and O–H groups in total. The smallest absolute Gasteiger partial charge is 0.272 e. The lowest BCUT2D eigenvalue weighted by atomic mass is 9.96. The van der Waals surface area contributed by atoms with Gasteiger partial charge in [0.15, 0.2) is 0 Å². The lowest BCUT2D eigenvalue weighted by molar-refractivity contribution is -0.136. The zero-order chi connectivity index (χ0) is 15.9. The molecule has 3 aliphatic carbocycles. The Balaban J connectivity index is 1.41. The van der Waals surface area contributed by atoms with Crippen LogP contribution >= 0.6 is 0 Å². The highest BCUT2D eigenvalue weighted by atomic mass is 16.5. The van der Waals surface area contributed by atoms with Crippen molar-refractivity contribution in [2.75, 3.05) is 19.8 Å². The van der Waals surface area contributed by atoms with Crippen LogP contribution in [0.4, 0.5) is 0 Å². The fourth-order valence-corrected chi connectivity index (χ4v) is 4.85. The summed E-state index contributed by atoms with van der Waals surface area (Å²) in [6, 6.07) is 0. The number of amides is 1. The normalized spacial score (nSPS) is 33.9. The zero-order valence-corrected chi connectivity index (χ0v) is 14.0. The molecule has 0 bridgehead atoms. The van der Waals surface area contributed by atoms with Crippen molar-refractivity contribution in [3.8, 4) is 0 Å². The van der Waals surface area contributed by atoms with Gasteiger partial charge in [0.2, 0.25) is 6.17 Å². The van der Waals surface area contributed by atoms with Crippen LogP contribution in [0.15, 0.2) is 16.5 Å². The van der Waals surface area contributed by atoms with Gasteiger partial charge in [-0.3, -0.25) is 15.1 Å². The van der Waals surface area contributed by atoms with Crippen molar-refractivity contribution in [3.63, 3.8) is 0 Å².